The molecule has 0 aliphatic heterocycles. The van der Waals surface area contributed by atoms with Gasteiger partial charge >= 0.3 is 6.36 Å². The first-order valence-corrected chi connectivity index (χ1v) is 12.2. The summed E-state index contributed by atoms with van der Waals surface area (Å²) in [6.07, 6.45) is -4.86. The number of benzene rings is 3. The van der Waals surface area contributed by atoms with Crippen molar-refractivity contribution in [2.24, 2.45) is 0 Å². The Morgan fingerprint density at radius 3 is 2.26 bits per heavy atom. The van der Waals surface area contributed by atoms with Gasteiger partial charge in [0.2, 0.25) is 5.91 Å². The normalized spacial score (nSPS) is 12.8. The predicted molar refractivity (Wildman–Crippen MR) is 125 cm³/mol. The van der Waals surface area contributed by atoms with E-state index in [0.717, 1.165) is 0 Å². The number of amides is 1. The van der Waals surface area contributed by atoms with Crippen LogP contribution in [0.1, 0.15) is 25.3 Å². The Kier molecular flexibility index (Phi) is 7.57. The molecule has 0 aliphatic carbocycles. The lowest BCUT2D eigenvalue weighted by atomic mass is 10.00. The molecule has 0 spiro atoms. The van der Waals surface area contributed by atoms with Crippen LogP contribution >= 0.6 is 11.6 Å². The van der Waals surface area contributed by atoms with Gasteiger partial charge in [0, 0.05) is 16.8 Å². The van der Waals surface area contributed by atoms with Crippen LogP contribution in [0.3, 0.4) is 0 Å². The molecule has 1 amide bonds. The number of alkyl halides is 3. The first-order valence-electron chi connectivity index (χ1n) is 10.2. The lowest BCUT2D eigenvalue weighted by Gasteiger charge is -2.16. The van der Waals surface area contributed by atoms with Gasteiger partial charge < -0.3 is 10.1 Å². The van der Waals surface area contributed by atoms with Gasteiger partial charge in [-0.3, -0.25) is 4.79 Å². The number of nitrogens with one attached hydrogen (secondary N) is 1. The SMILES string of the molecule is CCS(=O)(=O)c1ccc(C(C)C(=O)Nc2ccc(-c3ccccc3OC(F)(F)F)c(Cl)c2)cc1. The molecule has 3 aromatic rings. The first kappa shape index (κ1) is 25.6. The van der Waals surface area contributed by atoms with Gasteiger partial charge in [-0.2, -0.15) is 0 Å². The zero-order valence-electron chi connectivity index (χ0n) is 18.2. The van der Waals surface area contributed by atoms with E-state index < -0.39 is 27.9 Å². The fourth-order valence-corrected chi connectivity index (χ4v) is 4.41. The highest BCUT2D eigenvalue weighted by atomic mass is 35.5. The van der Waals surface area contributed by atoms with E-state index >= 15 is 0 Å². The number of carbonyl (C=O) groups excluding carboxylic acids is 1. The maximum atomic E-state index is 12.7. The molecule has 0 aromatic heterocycles. The first-order chi connectivity index (χ1) is 15.9. The second-order valence-corrected chi connectivity index (χ2v) is 10.1. The lowest BCUT2D eigenvalue weighted by Crippen LogP contribution is -2.19. The Balaban J connectivity index is 1.78. The third kappa shape index (κ3) is 6.09. The minimum Gasteiger partial charge on any atom is -0.405 e. The van der Waals surface area contributed by atoms with E-state index in [-0.39, 0.29) is 27.1 Å². The van der Waals surface area contributed by atoms with Crippen molar-refractivity contribution in [1.29, 1.82) is 0 Å². The fourth-order valence-electron chi connectivity index (χ4n) is 3.25. The monoisotopic (exact) mass is 511 g/mol. The molecule has 1 atom stereocenters. The molecule has 0 radical (unpaired) electrons. The summed E-state index contributed by atoms with van der Waals surface area (Å²) >= 11 is 6.32. The zero-order valence-corrected chi connectivity index (χ0v) is 19.8. The van der Waals surface area contributed by atoms with Gasteiger partial charge in [0.1, 0.15) is 5.75 Å². The minimum absolute atomic E-state index is 0.0219. The number of sulfone groups is 1. The molecule has 34 heavy (non-hydrogen) atoms. The van der Waals surface area contributed by atoms with Gasteiger partial charge in [0.15, 0.2) is 9.84 Å². The standard InChI is InChI=1S/C24H21ClF3NO4S/c1-3-34(31,32)18-11-8-16(9-12-18)15(2)23(30)29-17-10-13-19(21(25)14-17)20-6-4-5-7-22(20)33-24(26,27)28/h4-15H,3H2,1-2H3,(H,29,30). The second kappa shape index (κ2) is 10.1. The Bertz CT molecular complexity index is 1290. The molecule has 5 nitrogen and oxygen atoms in total. The second-order valence-electron chi connectivity index (χ2n) is 7.42. The molecule has 0 fully saturated rings. The van der Waals surface area contributed by atoms with Crippen molar-refractivity contribution in [3.8, 4) is 16.9 Å². The summed E-state index contributed by atoms with van der Waals surface area (Å²) < 4.78 is 66.2. The number of rotatable bonds is 7. The number of hydrogen-bond acceptors (Lipinski definition) is 4. The van der Waals surface area contributed by atoms with Gasteiger partial charge in [-0.05, 0) is 42.8 Å². The Hall–Kier alpha value is -3.04. The number of para-hydroxylation sites is 1. The highest BCUT2D eigenvalue weighted by Gasteiger charge is 2.32. The Morgan fingerprint density at radius 2 is 1.68 bits per heavy atom. The van der Waals surface area contributed by atoms with Crippen LogP contribution in [0, 0.1) is 0 Å². The van der Waals surface area contributed by atoms with Gasteiger partial charge in [0.25, 0.3) is 0 Å². The summed E-state index contributed by atoms with van der Waals surface area (Å²) in [6, 6.07) is 16.1. The molecule has 3 rings (SSSR count). The molecule has 1 N–H and O–H groups in total. The van der Waals surface area contributed by atoms with Crippen molar-refractivity contribution in [3.05, 3.63) is 77.3 Å². The van der Waals surface area contributed by atoms with Gasteiger partial charge in [0.05, 0.1) is 21.6 Å². The number of halogens is 4. The third-order valence-corrected chi connectivity index (χ3v) is 7.22. The largest absolute Gasteiger partial charge is 0.573 e. The Morgan fingerprint density at radius 1 is 1.03 bits per heavy atom. The van der Waals surface area contributed by atoms with Crippen LogP contribution < -0.4 is 10.1 Å². The highest BCUT2D eigenvalue weighted by molar-refractivity contribution is 7.91. The minimum atomic E-state index is -4.86. The summed E-state index contributed by atoms with van der Waals surface area (Å²) in [4.78, 5) is 12.9. The van der Waals surface area contributed by atoms with Crippen molar-refractivity contribution >= 4 is 33.0 Å². The van der Waals surface area contributed by atoms with Crippen LogP contribution in [0.25, 0.3) is 11.1 Å². The van der Waals surface area contributed by atoms with Crippen LogP contribution in [0.2, 0.25) is 5.02 Å². The summed E-state index contributed by atoms with van der Waals surface area (Å²) in [5, 5.41) is 2.84. The fraction of sp³-hybridized carbons (Fsp3) is 0.208. The van der Waals surface area contributed by atoms with E-state index in [4.69, 9.17) is 11.6 Å². The maximum absolute atomic E-state index is 12.7. The molecule has 0 saturated heterocycles. The third-order valence-electron chi connectivity index (χ3n) is 5.15. The van der Waals surface area contributed by atoms with Crippen molar-refractivity contribution in [2.45, 2.75) is 31.0 Å². The van der Waals surface area contributed by atoms with Crippen molar-refractivity contribution in [2.75, 3.05) is 11.1 Å². The molecular formula is C24H21ClF3NO4S. The van der Waals surface area contributed by atoms with Gasteiger partial charge in [-0.25, -0.2) is 8.42 Å². The topological polar surface area (TPSA) is 72.5 Å². The molecule has 3 aromatic carbocycles. The van der Waals surface area contributed by atoms with Crippen molar-refractivity contribution in [1.82, 2.24) is 0 Å². The van der Waals surface area contributed by atoms with Crippen LogP contribution in [-0.4, -0.2) is 26.4 Å². The predicted octanol–water partition coefficient (Wildman–Crippen LogP) is 6.44. The van der Waals surface area contributed by atoms with Crippen LogP contribution in [-0.2, 0) is 14.6 Å². The molecule has 0 aliphatic rings. The van der Waals surface area contributed by atoms with E-state index in [1.807, 2.05) is 0 Å². The number of anilines is 1. The average molecular weight is 512 g/mol. The van der Waals surface area contributed by atoms with E-state index in [0.29, 0.717) is 16.8 Å². The highest BCUT2D eigenvalue weighted by Crippen LogP contribution is 2.38. The lowest BCUT2D eigenvalue weighted by molar-refractivity contribution is -0.274. The van der Waals surface area contributed by atoms with Crippen LogP contribution in [0.5, 0.6) is 5.75 Å². The van der Waals surface area contributed by atoms with Crippen LogP contribution in [0.15, 0.2) is 71.6 Å². The summed E-state index contributed by atoms with van der Waals surface area (Å²) in [5.74, 6) is -1.38. The quantitative estimate of drug-likeness (QED) is 0.396. The van der Waals surface area contributed by atoms with E-state index in [1.165, 1.54) is 48.5 Å². The summed E-state index contributed by atoms with van der Waals surface area (Å²) in [6.45, 7) is 3.22. The number of ether oxygens (including phenoxy) is 1. The summed E-state index contributed by atoms with van der Waals surface area (Å²) in [7, 11) is -3.34. The number of hydrogen-bond donors (Lipinski definition) is 1. The Labute approximate surface area is 200 Å². The molecule has 1 unspecified atom stereocenters. The molecule has 0 heterocycles. The maximum Gasteiger partial charge on any atom is 0.573 e. The summed E-state index contributed by atoms with van der Waals surface area (Å²) in [5.41, 5.74) is 1.43. The molecule has 180 valence electrons. The van der Waals surface area contributed by atoms with E-state index in [2.05, 4.69) is 10.1 Å². The molecule has 0 bridgehead atoms. The number of carbonyl (C=O) groups is 1. The zero-order chi connectivity index (χ0) is 25.1. The van der Waals surface area contributed by atoms with E-state index in [1.54, 1.807) is 32.0 Å². The molecule has 0 saturated carbocycles. The van der Waals surface area contributed by atoms with Crippen molar-refractivity contribution in [3.63, 3.8) is 0 Å². The molecular weight excluding hydrogens is 491 g/mol. The van der Waals surface area contributed by atoms with Crippen molar-refractivity contribution < 1.29 is 31.1 Å². The molecule has 10 heteroatoms. The smallest absolute Gasteiger partial charge is 0.405 e. The average Bonchev–Trinajstić information content (AvgIpc) is 2.78. The van der Waals surface area contributed by atoms with E-state index in [9.17, 15) is 26.4 Å². The van der Waals surface area contributed by atoms with Crippen LogP contribution in [0.4, 0.5) is 18.9 Å². The van der Waals surface area contributed by atoms with Gasteiger partial charge in [-0.1, -0.05) is 54.9 Å². The van der Waals surface area contributed by atoms with Gasteiger partial charge in [-0.15, -0.1) is 13.2 Å².